The molecule has 280 valence electrons. The summed E-state index contributed by atoms with van der Waals surface area (Å²) in [5, 5.41) is 32.7. The average Bonchev–Trinajstić information content (AvgIpc) is 3.00. The van der Waals surface area contributed by atoms with Crippen LogP contribution in [0.25, 0.3) is 0 Å². The maximum Gasteiger partial charge on any atom is -0.412 e. The predicted molar refractivity (Wildman–Crippen MR) is 168 cm³/mol. The molecule has 0 saturated heterocycles. The first kappa shape index (κ1) is 44.0. The minimum Gasteiger partial charge on any atom is -0.412 e. The molecule has 4 rings (SSSR count). The zero-order valence-corrected chi connectivity index (χ0v) is 28.6. The molecule has 0 aliphatic carbocycles. The fourth-order valence-electron chi connectivity index (χ4n) is 5.72. The minimum atomic E-state index is -10.7. The van der Waals surface area contributed by atoms with E-state index < -0.39 is 25.7 Å². The van der Waals surface area contributed by atoms with Crippen LogP contribution in [0, 0.1) is 0 Å². The van der Waals surface area contributed by atoms with Crippen molar-refractivity contribution in [3.05, 3.63) is 124 Å². The molecule has 0 fully saturated rings. The second-order valence-electron chi connectivity index (χ2n) is 11.1. The molecule has 0 saturated carbocycles. The molecule has 51 heavy (non-hydrogen) atoms. The van der Waals surface area contributed by atoms with E-state index in [4.69, 9.17) is 0 Å². The molecule has 0 unspecified atom stereocenters. The van der Waals surface area contributed by atoms with Crippen LogP contribution in [-0.2, 0) is 38.9 Å². The Morgan fingerprint density at radius 3 is 1.06 bits per heavy atom. The number of nitrogens with zero attached hydrogens (tertiary/aromatic N) is 3. The number of carboxylic acid groups (broad SMARTS) is 3. The van der Waals surface area contributed by atoms with Gasteiger partial charge in [-0.05, 0) is 54.2 Å². The molecule has 5 N–H and O–H groups in total. The van der Waals surface area contributed by atoms with E-state index in [2.05, 4.69) is 20.8 Å². The van der Waals surface area contributed by atoms with E-state index >= 15 is 0 Å². The smallest absolute Gasteiger partial charge is 0.412 e. The number of halogens is 6. The summed E-state index contributed by atoms with van der Waals surface area (Å²) in [4.78, 5) is 34.9. The molecular weight excluding hydrogens is 711 g/mol. The van der Waals surface area contributed by atoms with E-state index in [1.807, 2.05) is 32.3 Å². The van der Waals surface area contributed by atoms with Crippen LogP contribution in [0.15, 0.2) is 73.6 Å². The van der Waals surface area contributed by atoms with E-state index in [1.165, 1.54) is 12.1 Å². The van der Waals surface area contributed by atoms with Crippen molar-refractivity contribution in [1.29, 1.82) is 0 Å². The van der Waals surface area contributed by atoms with Gasteiger partial charge in [-0.3, -0.25) is 0 Å². The summed E-state index contributed by atoms with van der Waals surface area (Å²) in [5.41, 5.74) is 6.91. The Labute approximate surface area is 288 Å². The van der Waals surface area contributed by atoms with Crippen molar-refractivity contribution < 1.29 is 79.5 Å². The molecule has 11 nitrogen and oxygen atoms in total. The summed E-state index contributed by atoms with van der Waals surface area (Å²) in [6, 6.07) is 9.62. The summed E-state index contributed by atoms with van der Waals surface area (Å²) in [6.45, 7) is 7.52. The number of hydrogen-bond donors (Lipinski definition) is 1. The van der Waals surface area contributed by atoms with Gasteiger partial charge in [-0.1, -0.05) is 20.8 Å². The minimum absolute atomic E-state index is 0. The van der Waals surface area contributed by atoms with Crippen molar-refractivity contribution in [3.8, 4) is 0 Å². The molecule has 3 heterocycles. The SMILES string of the molecule is CCc1c(C[n+]2cccc(C(=O)[O-])c2)c(CC)c(C[n+]2cccc(C(=O)O)c2)c(CC)c1C[n+]1cccc(C(=O)[O-])c1.F[P-](F)(F)(F)(F)F.O.O. The molecule has 0 bridgehead atoms. The Bertz CT molecular complexity index is 1680. The van der Waals surface area contributed by atoms with Gasteiger partial charge in [0.05, 0.1) is 23.1 Å². The van der Waals surface area contributed by atoms with Gasteiger partial charge >= 0.3 is 39.0 Å². The van der Waals surface area contributed by atoms with Gasteiger partial charge in [0.25, 0.3) is 0 Å². The molecule has 0 radical (unpaired) electrons. The van der Waals surface area contributed by atoms with E-state index in [0.717, 1.165) is 33.4 Å². The zero-order chi connectivity index (χ0) is 36.8. The Kier molecular flexibility index (Phi) is 14.1. The quantitative estimate of drug-likeness (QED) is 0.131. The third-order valence-electron chi connectivity index (χ3n) is 7.56. The molecular formula is C33H38F6N3O8P. The van der Waals surface area contributed by atoms with E-state index in [9.17, 15) is 54.9 Å². The average molecular weight is 750 g/mol. The molecule has 0 aliphatic rings. The number of carboxylic acids is 3. The second-order valence-corrected chi connectivity index (χ2v) is 13.0. The summed E-state index contributed by atoms with van der Waals surface area (Å²) < 4.78 is 64.7. The fraction of sp³-hybridized carbons (Fsp3) is 0.273. The number of carbonyl (C=O) groups is 3. The normalized spacial score (nSPS) is 12.2. The van der Waals surface area contributed by atoms with Crippen molar-refractivity contribution in [1.82, 2.24) is 0 Å². The standard InChI is InChI=1S/C33H33N3O6.F6P.2H2O/c1-4-25-28(19-34-13-7-10-22(16-34)31(37)38)26(5-2)30(21-36-15-9-12-24(18-36)33(41)42)27(6-3)29(25)20-35-14-8-11-23(17-35)32(39)40;1-7(2,3,4,5)6;;/h7-18H,4-6,19-21H2,1-3H3;;2*1H2/q;-1;;/p+1. The van der Waals surface area contributed by atoms with Gasteiger partial charge in [-0.2, -0.15) is 4.57 Å². The van der Waals surface area contributed by atoms with Crippen molar-refractivity contribution in [2.24, 2.45) is 0 Å². The second kappa shape index (κ2) is 16.4. The number of hydrogen-bond acceptors (Lipinski definition) is 5. The molecule has 0 amide bonds. The number of benzene rings is 1. The van der Waals surface area contributed by atoms with E-state index in [1.54, 1.807) is 42.9 Å². The first-order valence-electron chi connectivity index (χ1n) is 15.0. The van der Waals surface area contributed by atoms with Gasteiger partial charge in [0.1, 0.15) is 5.56 Å². The molecule has 18 heteroatoms. The Hall–Kier alpha value is -4.99. The third kappa shape index (κ3) is 13.3. The molecule has 0 atom stereocenters. The summed E-state index contributed by atoms with van der Waals surface area (Å²) in [7, 11) is -10.7. The molecule has 0 aliphatic heterocycles. The summed E-state index contributed by atoms with van der Waals surface area (Å²) in [5.74, 6) is -3.51. The van der Waals surface area contributed by atoms with Crippen LogP contribution >= 0.6 is 7.81 Å². The van der Waals surface area contributed by atoms with Crippen molar-refractivity contribution in [2.75, 3.05) is 0 Å². The fourth-order valence-corrected chi connectivity index (χ4v) is 5.72. The van der Waals surface area contributed by atoms with Crippen LogP contribution in [0.3, 0.4) is 0 Å². The van der Waals surface area contributed by atoms with Gasteiger partial charge in [-0.25, -0.2) is 13.9 Å². The van der Waals surface area contributed by atoms with Crippen molar-refractivity contribution in [2.45, 2.75) is 59.7 Å². The van der Waals surface area contributed by atoms with Gasteiger partial charge in [0, 0.05) is 34.9 Å². The van der Waals surface area contributed by atoms with E-state index in [0.29, 0.717) is 38.9 Å². The van der Waals surface area contributed by atoms with Crippen LogP contribution in [-0.4, -0.2) is 34.0 Å². The largest absolute Gasteiger partial charge is 0.412 e. The Balaban J connectivity index is 0.00000131. The third-order valence-corrected chi connectivity index (χ3v) is 7.56. The molecule has 4 aromatic rings. The molecule has 0 spiro atoms. The Morgan fingerprint density at radius 2 is 0.824 bits per heavy atom. The number of rotatable bonds is 12. The van der Waals surface area contributed by atoms with Crippen molar-refractivity contribution in [3.63, 3.8) is 0 Å². The predicted octanol–water partition coefficient (Wildman–Crippen LogP) is 2.54. The molecule has 1 aromatic carbocycles. The maximum absolute atomic E-state index is 11.7. The van der Waals surface area contributed by atoms with Gasteiger partial charge in [0.15, 0.2) is 56.8 Å². The van der Waals surface area contributed by atoms with Gasteiger partial charge in [0.2, 0.25) is 0 Å². The monoisotopic (exact) mass is 749 g/mol. The summed E-state index contributed by atoms with van der Waals surface area (Å²) in [6.07, 6.45) is 12.3. The Morgan fingerprint density at radius 1 is 0.569 bits per heavy atom. The van der Waals surface area contributed by atoms with Crippen LogP contribution in [0.2, 0.25) is 0 Å². The van der Waals surface area contributed by atoms with Crippen LogP contribution in [0.1, 0.15) is 85.2 Å². The topological polar surface area (TPSA) is 192 Å². The van der Waals surface area contributed by atoms with Crippen LogP contribution < -0.4 is 23.9 Å². The molecule has 3 aromatic heterocycles. The number of aromatic nitrogens is 3. The zero-order valence-electron chi connectivity index (χ0n) is 27.7. The van der Waals surface area contributed by atoms with Crippen LogP contribution in [0.5, 0.6) is 0 Å². The van der Waals surface area contributed by atoms with Gasteiger partial charge in [-0.15, -0.1) is 0 Å². The van der Waals surface area contributed by atoms with Gasteiger partial charge < -0.3 is 35.9 Å². The first-order valence-corrected chi connectivity index (χ1v) is 17.0. The van der Waals surface area contributed by atoms with Crippen molar-refractivity contribution >= 4 is 25.7 Å². The van der Waals surface area contributed by atoms with Crippen LogP contribution in [0.4, 0.5) is 25.2 Å². The van der Waals surface area contributed by atoms with E-state index in [-0.39, 0.29) is 27.6 Å². The number of pyridine rings is 3. The maximum atomic E-state index is 11.7. The number of carbonyl (C=O) groups excluding carboxylic acids is 2. The summed E-state index contributed by atoms with van der Waals surface area (Å²) >= 11 is 0. The first-order chi connectivity index (χ1) is 22.6. The number of aromatic carboxylic acids is 3.